The summed E-state index contributed by atoms with van der Waals surface area (Å²) in [6, 6.07) is 10.7. The molecule has 2 heterocycles. The lowest BCUT2D eigenvalue weighted by molar-refractivity contribution is 0.0497. The molecule has 1 saturated carbocycles. The van der Waals surface area contributed by atoms with Crippen LogP contribution in [0, 0.1) is 0 Å². The van der Waals surface area contributed by atoms with E-state index >= 15 is 0 Å². The number of ether oxygens (including phenoxy) is 1. The van der Waals surface area contributed by atoms with Crippen LogP contribution in [0.25, 0.3) is 0 Å². The lowest BCUT2D eigenvalue weighted by Gasteiger charge is -2.33. The van der Waals surface area contributed by atoms with Gasteiger partial charge in [-0.1, -0.05) is 30.3 Å². The molecule has 1 N–H and O–H groups in total. The highest BCUT2D eigenvalue weighted by molar-refractivity contribution is 5.68. The monoisotopic (exact) mass is 397 g/mol. The van der Waals surface area contributed by atoms with Crippen LogP contribution in [0.5, 0.6) is 0 Å². The molecule has 1 aromatic heterocycles. The van der Waals surface area contributed by atoms with E-state index < -0.39 is 5.60 Å². The first-order chi connectivity index (χ1) is 13.8. The summed E-state index contributed by atoms with van der Waals surface area (Å²) >= 11 is 0. The fourth-order valence-corrected chi connectivity index (χ4v) is 4.23. The summed E-state index contributed by atoms with van der Waals surface area (Å²) in [6.45, 7) is 7.31. The number of anilines is 1. The lowest BCUT2D eigenvalue weighted by Crippen LogP contribution is -2.46. The third-order valence-electron chi connectivity index (χ3n) is 5.85. The molecule has 2 fully saturated rings. The van der Waals surface area contributed by atoms with E-state index in [1.165, 1.54) is 5.56 Å². The van der Waals surface area contributed by atoms with Crippen LogP contribution in [0.2, 0.25) is 0 Å². The van der Waals surface area contributed by atoms with Gasteiger partial charge in [0.25, 0.3) is 0 Å². The molecular weight excluding hydrogens is 366 g/mol. The second-order valence-electron chi connectivity index (χ2n) is 9.24. The summed E-state index contributed by atoms with van der Waals surface area (Å²) in [6.07, 6.45) is 3.63. The second kappa shape index (κ2) is 7.35. The standard InChI is InChI=1S/C22H31N5O2/c1-21(2,3)29-20(28)23-17-10-14-27(15-11-17)19-25-24-18(26(19)4)22(12-13-22)16-8-6-5-7-9-16/h5-9,17H,10-15H2,1-4H3,(H,23,28). The smallest absolute Gasteiger partial charge is 0.407 e. The van der Waals surface area contributed by atoms with Gasteiger partial charge in [-0.3, -0.25) is 4.57 Å². The molecule has 1 aliphatic heterocycles. The van der Waals surface area contributed by atoms with Crippen molar-refractivity contribution in [2.45, 2.75) is 63.5 Å². The number of carbonyl (C=O) groups excluding carboxylic acids is 1. The highest BCUT2D eigenvalue weighted by atomic mass is 16.6. The number of amides is 1. The zero-order valence-electron chi connectivity index (χ0n) is 17.8. The second-order valence-corrected chi connectivity index (χ2v) is 9.24. The fourth-order valence-electron chi connectivity index (χ4n) is 4.23. The Labute approximate surface area is 172 Å². The number of rotatable bonds is 4. The molecule has 0 bridgehead atoms. The van der Waals surface area contributed by atoms with E-state index in [2.05, 4.69) is 62.4 Å². The molecule has 1 saturated heterocycles. The van der Waals surface area contributed by atoms with Gasteiger partial charge in [-0.2, -0.15) is 0 Å². The molecule has 1 aromatic carbocycles. The Balaban J connectivity index is 1.40. The van der Waals surface area contributed by atoms with Gasteiger partial charge in [0.2, 0.25) is 5.95 Å². The van der Waals surface area contributed by atoms with Crippen LogP contribution in [0.15, 0.2) is 30.3 Å². The zero-order chi connectivity index (χ0) is 20.6. The highest BCUT2D eigenvalue weighted by Gasteiger charge is 2.50. The Morgan fingerprint density at radius 1 is 1.14 bits per heavy atom. The van der Waals surface area contributed by atoms with Crippen molar-refractivity contribution in [3.05, 3.63) is 41.7 Å². The molecule has 0 spiro atoms. The Bertz CT molecular complexity index is 859. The maximum Gasteiger partial charge on any atom is 0.407 e. The molecule has 29 heavy (non-hydrogen) atoms. The van der Waals surface area contributed by atoms with Gasteiger partial charge in [-0.05, 0) is 52.0 Å². The van der Waals surface area contributed by atoms with Crippen LogP contribution >= 0.6 is 0 Å². The van der Waals surface area contributed by atoms with Crippen LogP contribution in [-0.2, 0) is 17.2 Å². The molecule has 2 aliphatic rings. The molecule has 1 amide bonds. The number of hydrogen-bond acceptors (Lipinski definition) is 5. The number of nitrogens with one attached hydrogen (secondary N) is 1. The number of alkyl carbamates (subject to hydrolysis) is 1. The van der Waals surface area contributed by atoms with Crippen molar-refractivity contribution >= 4 is 12.0 Å². The minimum Gasteiger partial charge on any atom is -0.444 e. The fraction of sp³-hybridized carbons (Fsp3) is 0.591. The molecule has 0 radical (unpaired) electrons. The number of carbonyl (C=O) groups is 1. The van der Waals surface area contributed by atoms with Crippen LogP contribution in [0.1, 0.15) is 57.8 Å². The molecular formula is C22H31N5O2. The molecule has 1 aliphatic carbocycles. The van der Waals surface area contributed by atoms with E-state index in [-0.39, 0.29) is 17.6 Å². The SMILES string of the molecule is Cn1c(N2CCC(NC(=O)OC(C)(C)C)CC2)nnc1C1(c2ccccc2)CC1. The zero-order valence-corrected chi connectivity index (χ0v) is 17.8. The third-order valence-corrected chi connectivity index (χ3v) is 5.85. The number of benzene rings is 1. The molecule has 2 aromatic rings. The van der Waals surface area contributed by atoms with Gasteiger partial charge < -0.3 is 15.0 Å². The van der Waals surface area contributed by atoms with Gasteiger partial charge >= 0.3 is 6.09 Å². The lowest BCUT2D eigenvalue weighted by atomic mass is 9.95. The summed E-state index contributed by atoms with van der Waals surface area (Å²) in [5.74, 6) is 1.96. The minimum atomic E-state index is -0.475. The van der Waals surface area contributed by atoms with Gasteiger partial charge in [0.1, 0.15) is 11.4 Å². The number of piperidine rings is 1. The molecule has 7 nitrogen and oxygen atoms in total. The van der Waals surface area contributed by atoms with Gasteiger partial charge in [0, 0.05) is 26.2 Å². The Hall–Kier alpha value is -2.57. The topological polar surface area (TPSA) is 72.3 Å². The molecule has 4 rings (SSSR count). The average molecular weight is 398 g/mol. The summed E-state index contributed by atoms with van der Waals surface area (Å²) in [4.78, 5) is 14.3. The first kappa shape index (κ1) is 19.7. The van der Waals surface area contributed by atoms with E-state index in [0.29, 0.717) is 0 Å². The molecule has 156 valence electrons. The van der Waals surface area contributed by atoms with Gasteiger partial charge in [0.15, 0.2) is 0 Å². The van der Waals surface area contributed by atoms with Crippen molar-refractivity contribution in [2.75, 3.05) is 18.0 Å². The summed E-state index contributed by atoms with van der Waals surface area (Å²) in [7, 11) is 2.07. The van der Waals surface area contributed by atoms with Crippen LogP contribution < -0.4 is 10.2 Å². The minimum absolute atomic E-state index is 0.0118. The first-order valence-corrected chi connectivity index (χ1v) is 10.5. The van der Waals surface area contributed by atoms with E-state index in [4.69, 9.17) is 4.74 Å². The summed E-state index contributed by atoms with van der Waals surface area (Å²) in [5.41, 5.74) is 0.858. The van der Waals surface area contributed by atoms with Gasteiger partial charge in [-0.25, -0.2) is 4.79 Å². The van der Waals surface area contributed by atoms with Crippen molar-refractivity contribution in [3.8, 4) is 0 Å². The van der Waals surface area contributed by atoms with Crippen molar-refractivity contribution in [1.29, 1.82) is 0 Å². The van der Waals surface area contributed by atoms with Gasteiger partial charge in [0.05, 0.1) is 5.41 Å². The Kier molecular flexibility index (Phi) is 5.00. The number of nitrogens with zero attached hydrogens (tertiary/aromatic N) is 4. The maximum atomic E-state index is 12.0. The predicted octanol–water partition coefficient (Wildman–Crippen LogP) is 3.39. The van der Waals surface area contributed by atoms with E-state index in [1.807, 2.05) is 20.8 Å². The molecule has 7 heteroatoms. The average Bonchev–Trinajstić information content (AvgIpc) is 3.38. The maximum absolute atomic E-state index is 12.0. The molecule has 0 atom stereocenters. The van der Waals surface area contributed by atoms with Gasteiger partial charge in [-0.15, -0.1) is 10.2 Å². The van der Waals surface area contributed by atoms with Crippen molar-refractivity contribution < 1.29 is 9.53 Å². The van der Waals surface area contributed by atoms with Crippen LogP contribution in [-0.4, -0.2) is 45.6 Å². The normalized spacial score (nSPS) is 19.1. The van der Waals surface area contributed by atoms with Crippen molar-refractivity contribution in [1.82, 2.24) is 20.1 Å². The van der Waals surface area contributed by atoms with Crippen LogP contribution in [0.4, 0.5) is 10.7 Å². The van der Waals surface area contributed by atoms with Crippen LogP contribution in [0.3, 0.4) is 0 Å². The Morgan fingerprint density at radius 3 is 2.38 bits per heavy atom. The number of aromatic nitrogens is 3. The summed E-state index contributed by atoms with van der Waals surface area (Å²) < 4.78 is 7.53. The largest absolute Gasteiger partial charge is 0.444 e. The van der Waals surface area contributed by atoms with E-state index in [1.54, 1.807) is 0 Å². The van der Waals surface area contributed by atoms with E-state index in [9.17, 15) is 4.79 Å². The summed E-state index contributed by atoms with van der Waals surface area (Å²) in [5, 5.41) is 12.1. The number of hydrogen-bond donors (Lipinski definition) is 1. The van der Waals surface area contributed by atoms with E-state index in [0.717, 1.165) is 50.5 Å². The van der Waals surface area contributed by atoms with Crippen molar-refractivity contribution in [3.63, 3.8) is 0 Å². The quantitative estimate of drug-likeness (QED) is 0.856. The van der Waals surface area contributed by atoms with Crippen molar-refractivity contribution in [2.24, 2.45) is 7.05 Å². The molecule has 0 unspecified atom stereocenters. The highest BCUT2D eigenvalue weighted by Crippen LogP contribution is 2.52. The first-order valence-electron chi connectivity index (χ1n) is 10.5. The predicted molar refractivity (Wildman–Crippen MR) is 112 cm³/mol. The Morgan fingerprint density at radius 2 is 1.79 bits per heavy atom. The third kappa shape index (κ3) is 4.09.